The van der Waals surface area contributed by atoms with Crippen molar-refractivity contribution in [3.63, 3.8) is 0 Å². The number of aliphatic hydroxyl groups is 2. The van der Waals surface area contributed by atoms with Crippen LogP contribution in [-0.2, 0) is 13.1 Å². The van der Waals surface area contributed by atoms with E-state index < -0.39 is 0 Å². The highest BCUT2D eigenvalue weighted by Gasteiger charge is 2.16. The molecule has 0 unspecified atom stereocenters. The van der Waals surface area contributed by atoms with Crippen molar-refractivity contribution in [2.24, 2.45) is 0 Å². The minimum absolute atomic E-state index is 0.0503. The van der Waals surface area contributed by atoms with Gasteiger partial charge in [0.25, 0.3) is 5.91 Å². The third-order valence-electron chi connectivity index (χ3n) is 7.12. The van der Waals surface area contributed by atoms with Crippen molar-refractivity contribution in [1.29, 1.82) is 5.26 Å². The summed E-state index contributed by atoms with van der Waals surface area (Å²) in [7, 11) is 0. The molecule has 0 aliphatic heterocycles. The fraction of sp³-hybridized carbons (Fsp3) is 0.235. The molecule has 4 rings (SSSR count). The molecule has 0 radical (unpaired) electrons. The fourth-order valence-electron chi connectivity index (χ4n) is 4.70. The van der Waals surface area contributed by atoms with Crippen LogP contribution in [0.4, 0.5) is 5.69 Å². The lowest BCUT2D eigenvalue weighted by molar-refractivity contribution is 0.102. The highest BCUT2D eigenvalue weighted by molar-refractivity contribution is 6.32. The van der Waals surface area contributed by atoms with Gasteiger partial charge in [-0.15, -0.1) is 0 Å². The molecule has 5 N–H and O–H groups in total. The highest BCUT2D eigenvalue weighted by Crippen LogP contribution is 2.32. The average Bonchev–Trinajstić information content (AvgIpc) is 3.03. The van der Waals surface area contributed by atoms with E-state index in [0.29, 0.717) is 53.7 Å². The van der Waals surface area contributed by atoms with E-state index in [1.165, 1.54) is 0 Å². The van der Waals surface area contributed by atoms with Crippen LogP contribution in [-0.4, -0.2) is 52.4 Å². The Kier molecular flexibility index (Phi) is 11.7. The van der Waals surface area contributed by atoms with Gasteiger partial charge in [0.1, 0.15) is 11.8 Å². The molecule has 0 spiro atoms. The number of halogens is 1. The molecule has 226 valence electrons. The standard InChI is InChI=1S/C34H35ClN6O3/c1-22-16-25(30(35)17-26(22)21-38-13-15-43)7-9-32-29(18-36)28(10-11-39-32)27-4-3-5-31(23(27)2)41-34(44)33-8-6-24(20-40-33)19-37-12-14-42/h3-11,16-17,20,37-38,42-43H,12-15,19,21H2,1-2H3,(H,41,44)/b9-7+. The molecule has 0 aliphatic carbocycles. The van der Waals surface area contributed by atoms with E-state index in [1.54, 1.807) is 30.6 Å². The Morgan fingerprint density at radius 2 is 1.75 bits per heavy atom. The SMILES string of the molecule is Cc1cc(/C=C/c2nccc(-c3cccc(NC(=O)c4ccc(CNCCO)cn4)c3C)c2C#N)c(Cl)cc1CNCCO. The molecule has 44 heavy (non-hydrogen) atoms. The molecule has 10 heteroatoms. The lowest BCUT2D eigenvalue weighted by Crippen LogP contribution is -2.18. The zero-order chi connectivity index (χ0) is 31.5. The van der Waals surface area contributed by atoms with E-state index in [2.05, 4.69) is 32.0 Å². The molecule has 9 nitrogen and oxygen atoms in total. The Hall–Kier alpha value is -4.43. The fourth-order valence-corrected chi connectivity index (χ4v) is 4.95. The second-order valence-corrected chi connectivity index (χ2v) is 10.6. The van der Waals surface area contributed by atoms with Crippen molar-refractivity contribution in [3.8, 4) is 17.2 Å². The van der Waals surface area contributed by atoms with Crippen LogP contribution in [0.3, 0.4) is 0 Å². The van der Waals surface area contributed by atoms with Gasteiger partial charge in [0.2, 0.25) is 0 Å². The van der Waals surface area contributed by atoms with Crippen LogP contribution >= 0.6 is 11.6 Å². The second-order valence-electron chi connectivity index (χ2n) is 10.1. The van der Waals surface area contributed by atoms with Gasteiger partial charge in [-0.1, -0.05) is 41.9 Å². The zero-order valence-electron chi connectivity index (χ0n) is 24.7. The van der Waals surface area contributed by atoms with Gasteiger partial charge in [-0.25, -0.2) is 0 Å². The first-order valence-electron chi connectivity index (χ1n) is 14.2. The summed E-state index contributed by atoms with van der Waals surface area (Å²) in [4.78, 5) is 21.7. The molecule has 0 saturated heterocycles. The Balaban J connectivity index is 1.56. The van der Waals surface area contributed by atoms with Crippen LogP contribution in [0.5, 0.6) is 0 Å². The van der Waals surface area contributed by atoms with Crippen LogP contribution in [0.15, 0.2) is 60.9 Å². The number of anilines is 1. The van der Waals surface area contributed by atoms with Crippen LogP contribution in [0.25, 0.3) is 23.3 Å². The normalized spacial score (nSPS) is 11.1. The number of nitrogens with one attached hydrogen (secondary N) is 3. The van der Waals surface area contributed by atoms with Gasteiger partial charge >= 0.3 is 0 Å². The van der Waals surface area contributed by atoms with Crippen LogP contribution in [0.2, 0.25) is 5.02 Å². The maximum absolute atomic E-state index is 13.0. The average molecular weight is 611 g/mol. The van der Waals surface area contributed by atoms with Crippen LogP contribution in [0.1, 0.15) is 49.6 Å². The van der Waals surface area contributed by atoms with Gasteiger partial charge < -0.3 is 26.2 Å². The first kappa shape index (κ1) is 32.5. The Morgan fingerprint density at radius 3 is 2.45 bits per heavy atom. The van der Waals surface area contributed by atoms with Gasteiger partial charge in [-0.2, -0.15) is 5.26 Å². The molecule has 1 amide bonds. The molecule has 0 aliphatic rings. The van der Waals surface area contributed by atoms with Gasteiger partial charge in [-0.3, -0.25) is 14.8 Å². The number of pyridine rings is 2. The topological polar surface area (TPSA) is 143 Å². The lowest BCUT2D eigenvalue weighted by Gasteiger charge is -2.14. The molecular formula is C34H35ClN6O3. The van der Waals surface area contributed by atoms with Crippen LogP contribution < -0.4 is 16.0 Å². The van der Waals surface area contributed by atoms with Gasteiger partial charge in [0, 0.05) is 54.8 Å². The number of aromatic nitrogens is 2. The number of rotatable bonds is 13. The summed E-state index contributed by atoms with van der Waals surface area (Å²) in [6.45, 7) is 6.14. The number of aliphatic hydroxyl groups excluding tert-OH is 2. The molecule has 0 saturated carbocycles. The molecule has 0 fully saturated rings. The number of nitrogens with zero attached hydrogens (tertiary/aromatic N) is 3. The summed E-state index contributed by atoms with van der Waals surface area (Å²) in [5, 5.41) is 37.9. The Bertz CT molecular complexity index is 1680. The summed E-state index contributed by atoms with van der Waals surface area (Å²) in [6, 6.07) is 17.0. The van der Waals surface area contributed by atoms with E-state index in [1.807, 2.05) is 56.3 Å². The Morgan fingerprint density at radius 1 is 0.977 bits per heavy atom. The molecule has 2 heterocycles. The molecule has 0 atom stereocenters. The van der Waals surface area contributed by atoms with Gasteiger partial charge in [-0.05, 0) is 77.6 Å². The molecule has 2 aromatic carbocycles. The van der Waals surface area contributed by atoms with E-state index in [4.69, 9.17) is 21.8 Å². The number of amides is 1. The van der Waals surface area contributed by atoms with E-state index >= 15 is 0 Å². The van der Waals surface area contributed by atoms with Crippen molar-refractivity contribution < 1.29 is 15.0 Å². The number of hydrogen-bond donors (Lipinski definition) is 5. The number of aryl methyl sites for hydroxylation is 1. The molecule has 4 aromatic rings. The van der Waals surface area contributed by atoms with Crippen molar-refractivity contribution in [2.75, 3.05) is 31.6 Å². The third kappa shape index (κ3) is 8.14. The predicted molar refractivity (Wildman–Crippen MR) is 174 cm³/mol. The number of benzene rings is 2. The minimum atomic E-state index is -0.346. The summed E-state index contributed by atoms with van der Waals surface area (Å²) in [6.07, 6.45) is 6.91. The van der Waals surface area contributed by atoms with Gasteiger partial charge in [0.15, 0.2) is 0 Å². The van der Waals surface area contributed by atoms with Crippen molar-refractivity contribution >= 4 is 35.3 Å². The maximum atomic E-state index is 13.0. The van der Waals surface area contributed by atoms with Crippen molar-refractivity contribution in [2.45, 2.75) is 26.9 Å². The first-order valence-corrected chi connectivity index (χ1v) is 14.6. The quantitative estimate of drug-likeness (QED) is 0.135. The number of carbonyl (C=O) groups excluding carboxylic acids is 1. The van der Waals surface area contributed by atoms with E-state index in [9.17, 15) is 10.1 Å². The summed E-state index contributed by atoms with van der Waals surface area (Å²) < 4.78 is 0. The maximum Gasteiger partial charge on any atom is 0.274 e. The number of hydrogen-bond acceptors (Lipinski definition) is 8. The van der Waals surface area contributed by atoms with Gasteiger partial charge in [0.05, 0.1) is 24.5 Å². The minimum Gasteiger partial charge on any atom is -0.395 e. The number of carbonyl (C=O) groups is 1. The lowest BCUT2D eigenvalue weighted by atomic mass is 9.94. The monoisotopic (exact) mass is 610 g/mol. The summed E-state index contributed by atoms with van der Waals surface area (Å²) in [5.74, 6) is -0.346. The van der Waals surface area contributed by atoms with E-state index in [-0.39, 0.29) is 24.8 Å². The van der Waals surface area contributed by atoms with Crippen molar-refractivity contribution in [1.82, 2.24) is 20.6 Å². The third-order valence-corrected chi connectivity index (χ3v) is 7.45. The Labute approximate surface area is 262 Å². The van der Waals surface area contributed by atoms with Crippen LogP contribution in [0, 0.1) is 25.2 Å². The largest absolute Gasteiger partial charge is 0.395 e. The summed E-state index contributed by atoms with van der Waals surface area (Å²) >= 11 is 6.57. The molecule has 0 bridgehead atoms. The smallest absolute Gasteiger partial charge is 0.274 e. The highest BCUT2D eigenvalue weighted by atomic mass is 35.5. The predicted octanol–water partition coefficient (Wildman–Crippen LogP) is 4.87. The second kappa shape index (κ2) is 15.9. The number of nitriles is 1. The van der Waals surface area contributed by atoms with E-state index in [0.717, 1.165) is 33.4 Å². The summed E-state index contributed by atoms with van der Waals surface area (Å²) in [5.41, 5.74) is 7.87. The molecular weight excluding hydrogens is 576 g/mol. The van der Waals surface area contributed by atoms with Crippen molar-refractivity contribution in [3.05, 3.63) is 111 Å². The molecule has 2 aromatic heterocycles. The first-order chi connectivity index (χ1) is 21.4. The zero-order valence-corrected chi connectivity index (χ0v) is 25.4.